The van der Waals surface area contributed by atoms with Crippen LogP contribution in [0.15, 0.2) is 0 Å². The van der Waals surface area contributed by atoms with Crippen LogP contribution in [0.4, 0.5) is 5.69 Å². The molecule has 0 bridgehead atoms. The molecular weight excluding hydrogens is 206 g/mol. The Labute approximate surface area is 96.5 Å². The lowest BCUT2D eigenvalue weighted by Crippen LogP contribution is -2.20. The lowest BCUT2D eigenvalue weighted by atomic mass is 10.4. The summed E-state index contributed by atoms with van der Waals surface area (Å²) in [6.07, 6.45) is 0.967. The van der Waals surface area contributed by atoms with E-state index < -0.39 is 0 Å². The fourth-order valence-corrected chi connectivity index (χ4v) is 1.52. The van der Waals surface area contributed by atoms with Crippen LogP contribution in [-0.4, -0.2) is 29.6 Å². The number of aryl methyl sites for hydroxylation is 2. The number of anilines is 1. The van der Waals surface area contributed by atoms with Crippen molar-refractivity contribution < 1.29 is 9.47 Å². The highest BCUT2D eigenvalue weighted by Crippen LogP contribution is 2.26. The molecule has 1 aromatic heterocycles. The summed E-state index contributed by atoms with van der Waals surface area (Å²) in [5.74, 6) is 0.656. The summed E-state index contributed by atoms with van der Waals surface area (Å²) >= 11 is 0. The minimum absolute atomic E-state index is 0.0287. The predicted molar refractivity (Wildman–Crippen MR) is 63.6 cm³/mol. The van der Waals surface area contributed by atoms with Crippen molar-refractivity contribution in [3.05, 3.63) is 5.69 Å². The summed E-state index contributed by atoms with van der Waals surface area (Å²) in [5, 5.41) is 4.34. The Bertz CT molecular complexity index is 336. The van der Waals surface area contributed by atoms with Gasteiger partial charge in [0.2, 0.25) is 5.88 Å². The Balaban J connectivity index is 2.83. The van der Waals surface area contributed by atoms with Crippen molar-refractivity contribution in [3.8, 4) is 5.88 Å². The fraction of sp³-hybridized carbons (Fsp3) is 0.727. The molecule has 16 heavy (non-hydrogen) atoms. The Morgan fingerprint density at radius 1 is 1.50 bits per heavy atom. The maximum absolute atomic E-state index is 5.93. The SMILES string of the molecule is CCCn1nc(C)c(N)c1OC(C)COC. The zero-order chi connectivity index (χ0) is 12.1. The second-order valence-electron chi connectivity index (χ2n) is 3.91. The molecule has 0 saturated carbocycles. The number of ether oxygens (including phenoxy) is 2. The molecule has 5 nitrogen and oxygen atoms in total. The molecule has 0 aromatic carbocycles. The number of nitrogens with two attached hydrogens (primary N) is 1. The first-order chi connectivity index (χ1) is 7.60. The molecule has 1 unspecified atom stereocenters. The quantitative estimate of drug-likeness (QED) is 0.801. The smallest absolute Gasteiger partial charge is 0.236 e. The Kier molecular flexibility index (Phi) is 4.61. The highest BCUT2D eigenvalue weighted by Gasteiger charge is 2.15. The summed E-state index contributed by atoms with van der Waals surface area (Å²) < 4.78 is 12.6. The van der Waals surface area contributed by atoms with Crippen LogP contribution >= 0.6 is 0 Å². The van der Waals surface area contributed by atoms with E-state index in [2.05, 4.69) is 12.0 Å². The fourth-order valence-electron chi connectivity index (χ4n) is 1.52. The third-order valence-corrected chi connectivity index (χ3v) is 2.27. The minimum atomic E-state index is -0.0287. The molecule has 2 N–H and O–H groups in total. The molecule has 0 saturated heterocycles. The van der Waals surface area contributed by atoms with Crippen LogP contribution in [0.25, 0.3) is 0 Å². The van der Waals surface area contributed by atoms with Gasteiger partial charge in [0, 0.05) is 13.7 Å². The zero-order valence-electron chi connectivity index (χ0n) is 10.5. The Morgan fingerprint density at radius 2 is 2.19 bits per heavy atom. The molecule has 0 aliphatic carbocycles. The summed E-state index contributed by atoms with van der Waals surface area (Å²) in [4.78, 5) is 0. The first-order valence-corrected chi connectivity index (χ1v) is 5.58. The van der Waals surface area contributed by atoms with Crippen molar-refractivity contribution in [2.75, 3.05) is 19.5 Å². The predicted octanol–water partition coefficient (Wildman–Crippen LogP) is 1.60. The molecule has 0 spiro atoms. The van der Waals surface area contributed by atoms with Gasteiger partial charge in [-0.05, 0) is 20.3 Å². The lowest BCUT2D eigenvalue weighted by molar-refractivity contribution is 0.0855. The maximum atomic E-state index is 5.93. The van der Waals surface area contributed by atoms with Gasteiger partial charge >= 0.3 is 0 Å². The van der Waals surface area contributed by atoms with E-state index in [9.17, 15) is 0 Å². The van der Waals surface area contributed by atoms with Crippen molar-refractivity contribution in [1.29, 1.82) is 0 Å². The standard InChI is InChI=1S/C11H21N3O2/c1-5-6-14-11(10(12)9(3)13-14)16-8(2)7-15-4/h8H,5-7,12H2,1-4H3. The van der Waals surface area contributed by atoms with Gasteiger partial charge in [-0.3, -0.25) is 0 Å². The first-order valence-electron chi connectivity index (χ1n) is 5.58. The van der Waals surface area contributed by atoms with Crippen LogP contribution < -0.4 is 10.5 Å². The number of nitrogen functional groups attached to an aromatic ring is 1. The van der Waals surface area contributed by atoms with Gasteiger partial charge in [-0.15, -0.1) is 0 Å². The van der Waals surface area contributed by atoms with Gasteiger partial charge in [0.1, 0.15) is 11.8 Å². The molecule has 0 amide bonds. The number of nitrogens with zero attached hydrogens (tertiary/aromatic N) is 2. The van der Waals surface area contributed by atoms with Crippen molar-refractivity contribution >= 4 is 5.69 Å². The molecule has 1 aromatic rings. The second kappa shape index (κ2) is 5.75. The van der Waals surface area contributed by atoms with Gasteiger partial charge in [-0.25, -0.2) is 4.68 Å². The van der Waals surface area contributed by atoms with Gasteiger partial charge in [0.15, 0.2) is 0 Å². The second-order valence-corrected chi connectivity index (χ2v) is 3.91. The third-order valence-electron chi connectivity index (χ3n) is 2.27. The summed E-state index contributed by atoms with van der Waals surface area (Å²) in [5.41, 5.74) is 7.36. The molecule has 1 atom stereocenters. The highest BCUT2D eigenvalue weighted by molar-refractivity contribution is 5.52. The van der Waals surface area contributed by atoms with Gasteiger partial charge in [-0.2, -0.15) is 5.10 Å². The molecular formula is C11H21N3O2. The Morgan fingerprint density at radius 3 is 2.75 bits per heavy atom. The minimum Gasteiger partial charge on any atom is -0.471 e. The lowest BCUT2D eigenvalue weighted by Gasteiger charge is -2.15. The van der Waals surface area contributed by atoms with Gasteiger partial charge in [0.05, 0.1) is 12.3 Å². The van der Waals surface area contributed by atoms with Crippen LogP contribution in [0, 0.1) is 6.92 Å². The summed E-state index contributed by atoms with van der Waals surface area (Å²) in [6, 6.07) is 0. The van der Waals surface area contributed by atoms with E-state index in [0.717, 1.165) is 18.7 Å². The van der Waals surface area contributed by atoms with Crippen molar-refractivity contribution in [1.82, 2.24) is 9.78 Å². The maximum Gasteiger partial charge on any atom is 0.236 e. The first kappa shape index (κ1) is 12.8. The largest absolute Gasteiger partial charge is 0.471 e. The van der Waals surface area contributed by atoms with Crippen molar-refractivity contribution in [2.24, 2.45) is 0 Å². The van der Waals surface area contributed by atoms with Crippen LogP contribution in [0.3, 0.4) is 0 Å². The third kappa shape index (κ3) is 2.88. The average Bonchev–Trinajstić information content (AvgIpc) is 2.47. The van der Waals surface area contributed by atoms with E-state index in [1.165, 1.54) is 0 Å². The molecule has 1 heterocycles. The number of aromatic nitrogens is 2. The van der Waals surface area contributed by atoms with Gasteiger partial charge < -0.3 is 15.2 Å². The topological polar surface area (TPSA) is 62.3 Å². The van der Waals surface area contributed by atoms with E-state index in [0.29, 0.717) is 18.2 Å². The molecule has 0 aliphatic rings. The molecule has 0 fully saturated rings. The number of rotatable bonds is 6. The zero-order valence-corrected chi connectivity index (χ0v) is 10.5. The van der Waals surface area contributed by atoms with Crippen LogP contribution in [0.1, 0.15) is 26.0 Å². The van der Waals surface area contributed by atoms with Gasteiger partial charge in [0.25, 0.3) is 0 Å². The van der Waals surface area contributed by atoms with Crippen molar-refractivity contribution in [2.45, 2.75) is 39.8 Å². The highest BCUT2D eigenvalue weighted by atomic mass is 16.5. The Hall–Kier alpha value is -1.23. The molecule has 92 valence electrons. The van der Waals surface area contributed by atoms with Gasteiger partial charge in [-0.1, -0.05) is 6.92 Å². The van der Waals surface area contributed by atoms with Crippen LogP contribution in [0.5, 0.6) is 5.88 Å². The van der Waals surface area contributed by atoms with Crippen LogP contribution in [-0.2, 0) is 11.3 Å². The van der Waals surface area contributed by atoms with E-state index >= 15 is 0 Å². The van der Waals surface area contributed by atoms with E-state index in [1.807, 2.05) is 18.5 Å². The number of hydrogen-bond donors (Lipinski definition) is 1. The summed E-state index contributed by atoms with van der Waals surface area (Å²) in [6.45, 7) is 7.27. The molecule has 1 rings (SSSR count). The normalized spacial score (nSPS) is 12.8. The average molecular weight is 227 g/mol. The van der Waals surface area contributed by atoms with E-state index in [-0.39, 0.29) is 6.10 Å². The van der Waals surface area contributed by atoms with Crippen molar-refractivity contribution in [3.63, 3.8) is 0 Å². The van der Waals surface area contributed by atoms with Crippen LogP contribution in [0.2, 0.25) is 0 Å². The molecule has 0 radical (unpaired) electrons. The summed E-state index contributed by atoms with van der Waals surface area (Å²) in [7, 11) is 1.65. The number of methoxy groups -OCH3 is 1. The molecule has 5 heteroatoms. The van der Waals surface area contributed by atoms with E-state index in [4.69, 9.17) is 15.2 Å². The molecule has 0 aliphatic heterocycles. The van der Waals surface area contributed by atoms with E-state index in [1.54, 1.807) is 7.11 Å². The monoisotopic (exact) mass is 227 g/mol. The number of hydrogen-bond acceptors (Lipinski definition) is 4.